The second kappa shape index (κ2) is 13.5. The Hall–Kier alpha value is -4.32. The average molecular weight is 623 g/mol. The Morgan fingerprint density at radius 3 is 2.45 bits per heavy atom. The molecular formula is C32H33F3N6O2S. The predicted molar refractivity (Wildman–Crippen MR) is 168 cm³/mol. The van der Waals surface area contributed by atoms with Crippen molar-refractivity contribution in [3.8, 4) is 22.8 Å². The summed E-state index contributed by atoms with van der Waals surface area (Å²) in [6, 6.07) is 19.2. The molecular weight excluding hydrogens is 589 g/mol. The first kappa shape index (κ1) is 31.1. The van der Waals surface area contributed by atoms with Gasteiger partial charge < -0.3 is 15.0 Å². The van der Waals surface area contributed by atoms with Crippen molar-refractivity contribution in [2.45, 2.75) is 45.9 Å². The molecule has 230 valence electrons. The van der Waals surface area contributed by atoms with E-state index in [0.717, 1.165) is 58.2 Å². The number of urea groups is 1. The summed E-state index contributed by atoms with van der Waals surface area (Å²) in [5, 5.41) is 8.14. The number of rotatable bonds is 8. The van der Waals surface area contributed by atoms with E-state index in [1.165, 1.54) is 35.3 Å². The number of nitrogens with zero attached hydrogens (tertiary/aromatic N) is 5. The normalized spacial score (nSPS) is 15.3. The van der Waals surface area contributed by atoms with Gasteiger partial charge in [0.1, 0.15) is 12.1 Å². The van der Waals surface area contributed by atoms with Crippen molar-refractivity contribution >= 4 is 28.6 Å². The van der Waals surface area contributed by atoms with E-state index in [0.29, 0.717) is 18.1 Å². The van der Waals surface area contributed by atoms with Gasteiger partial charge in [0.15, 0.2) is 11.0 Å². The van der Waals surface area contributed by atoms with Crippen LogP contribution in [0.15, 0.2) is 78.0 Å². The molecule has 1 aromatic heterocycles. The largest absolute Gasteiger partial charge is 0.573 e. The molecule has 1 unspecified atom stereocenters. The number of amidine groups is 1. The molecule has 1 aliphatic heterocycles. The summed E-state index contributed by atoms with van der Waals surface area (Å²) in [6.45, 7) is 7.59. The summed E-state index contributed by atoms with van der Waals surface area (Å²) >= 11 is 1.61. The van der Waals surface area contributed by atoms with Crippen molar-refractivity contribution in [2.24, 2.45) is 4.99 Å². The number of hydrogen-bond acceptors (Lipinski definition) is 5. The van der Waals surface area contributed by atoms with Gasteiger partial charge in [-0.1, -0.05) is 61.2 Å². The lowest BCUT2D eigenvalue weighted by atomic mass is 9.96. The molecule has 44 heavy (non-hydrogen) atoms. The van der Waals surface area contributed by atoms with Crippen molar-refractivity contribution in [2.75, 3.05) is 23.7 Å². The molecule has 1 aliphatic rings. The van der Waals surface area contributed by atoms with Gasteiger partial charge in [0, 0.05) is 30.1 Å². The molecule has 0 saturated carbocycles. The average Bonchev–Trinajstić information content (AvgIpc) is 3.48. The van der Waals surface area contributed by atoms with Crippen LogP contribution in [0.25, 0.3) is 17.1 Å². The van der Waals surface area contributed by atoms with Crippen LogP contribution in [0.4, 0.5) is 23.7 Å². The fourth-order valence-corrected chi connectivity index (χ4v) is 6.00. The number of anilines is 1. The van der Waals surface area contributed by atoms with Gasteiger partial charge in [0.25, 0.3) is 0 Å². The van der Waals surface area contributed by atoms with Crippen molar-refractivity contribution < 1.29 is 22.7 Å². The predicted octanol–water partition coefficient (Wildman–Crippen LogP) is 7.65. The highest BCUT2D eigenvalue weighted by molar-refractivity contribution is 8.14. The van der Waals surface area contributed by atoms with E-state index in [9.17, 15) is 18.0 Å². The van der Waals surface area contributed by atoms with Gasteiger partial charge in [0.2, 0.25) is 0 Å². The molecule has 2 heterocycles. The molecule has 8 nitrogen and oxygen atoms in total. The molecule has 1 fully saturated rings. The van der Waals surface area contributed by atoms with E-state index >= 15 is 0 Å². The number of amides is 2. The minimum atomic E-state index is -4.74. The van der Waals surface area contributed by atoms with Gasteiger partial charge in [-0.25, -0.2) is 14.5 Å². The highest BCUT2D eigenvalue weighted by atomic mass is 32.2. The van der Waals surface area contributed by atoms with E-state index in [4.69, 9.17) is 0 Å². The zero-order chi connectivity index (χ0) is 31.3. The summed E-state index contributed by atoms with van der Waals surface area (Å²) in [7, 11) is 0. The number of thioether (sulfide) groups is 1. The molecule has 0 aliphatic carbocycles. The van der Waals surface area contributed by atoms with Crippen molar-refractivity contribution in [3.05, 3.63) is 89.7 Å². The Bertz CT molecular complexity index is 1600. The number of hydrogen-bond donors (Lipinski definition) is 1. The topological polar surface area (TPSA) is 84.6 Å². The van der Waals surface area contributed by atoms with Gasteiger partial charge in [-0.05, 0) is 73.6 Å². The van der Waals surface area contributed by atoms with E-state index in [1.807, 2.05) is 30.3 Å². The SMILES string of the molecule is Cc1cccc(C)c1N1CCCS/C1=N\C(=O)NCCC(C)c1ccc(-c2ncn(-c3ccc(OC(F)(F)F)cc3)n2)cc1. The van der Waals surface area contributed by atoms with Crippen LogP contribution in [0.2, 0.25) is 0 Å². The van der Waals surface area contributed by atoms with Crippen molar-refractivity contribution in [3.63, 3.8) is 0 Å². The summed E-state index contributed by atoms with van der Waals surface area (Å²) in [6.07, 6.45) is -1.47. The molecule has 0 spiro atoms. The van der Waals surface area contributed by atoms with Crippen LogP contribution in [0.5, 0.6) is 5.75 Å². The first-order valence-corrected chi connectivity index (χ1v) is 15.3. The third kappa shape index (κ3) is 7.79. The minimum absolute atomic E-state index is 0.190. The molecule has 3 aromatic carbocycles. The van der Waals surface area contributed by atoms with E-state index in [2.05, 4.69) is 62.9 Å². The molecule has 2 amide bonds. The highest BCUT2D eigenvalue weighted by Crippen LogP contribution is 2.31. The Kier molecular flexibility index (Phi) is 9.58. The van der Waals surface area contributed by atoms with Crippen LogP contribution in [0.1, 0.15) is 42.4 Å². The number of carbonyl (C=O) groups excluding carboxylic acids is 1. The first-order chi connectivity index (χ1) is 21.1. The maximum atomic E-state index is 12.7. The van der Waals surface area contributed by atoms with Crippen LogP contribution < -0.4 is 15.0 Å². The summed E-state index contributed by atoms with van der Waals surface area (Å²) < 4.78 is 42.6. The number of carbonyl (C=O) groups is 1. The second-order valence-electron chi connectivity index (χ2n) is 10.6. The standard InChI is InChI=1S/C32H33F3N6O2S/c1-21(16-17-36-30(42)38-31-40(18-5-19-44-31)28-22(2)6-4-7-23(28)3)24-8-10-25(11-9-24)29-37-20-41(39-29)26-12-14-27(15-13-26)43-32(33,34)35/h4,6-15,20-21H,5,16-19H2,1-3H3,(H,36,42)/b38-31-. The fourth-order valence-electron chi connectivity index (χ4n) is 5.06. The Morgan fingerprint density at radius 2 is 1.77 bits per heavy atom. The first-order valence-electron chi connectivity index (χ1n) is 14.3. The van der Waals surface area contributed by atoms with Gasteiger partial charge >= 0.3 is 12.4 Å². The van der Waals surface area contributed by atoms with Crippen LogP contribution >= 0.6 is 11.8 Å². The quantitative estimate of drug-likeness (QED) is 0.217. The number of benzene rings is 3. The van der Waals surface area contributed by atoms with Crippen LogP contribution in [-0.2, 0) is 0 Å². The lowest BCUT2D eigenvalue weighted by Gasteiger charge is -2.31. The highest BCUT2D eigenvalue weighted by Gasteiger charge is 2.31. The van der Waals surface area contributed by atoms with E-state index in [-0.39, 0.29) is 17.7 Å². The molecule has 5 rings (SSSR count). The van der Waals surface area contributed by atoms with Gasteiger partial charge in [0.05, 0.1) is 5.69 Å². The van der Waals surface area contributed by atoms with Crippen LogP contribution in [0, 0.1) is 13.8 Å². The third-order valence-electron chi connectivity index (χ3n) is 7.31. The van der Waals surface area contributed by atoms with Gasteiger partial charge in [-0.15, -0.1) is 18.3 Å². The number of halogens is 3. The van der Waals surface area contributed by atoms with E-state index in [1.54, 1.807) is 11.8 Å². The minimum Gasteiger partial charge on any atom is -0.406 e. The second-order valence-corrected chi connectivity index (χ2v) is 11.6. The number of para-hydroxylation sites is 1. The number of nitrogens with one attached hydrogen (secondary N) is 1. The lowest BCUT2D eigenvalue weighted by molar-refractivity contribution is -0.274. The molecule has 1 saturated heterocycles. The molecule has 1 atom stereocenters. The van der Waals surface area contributed by atoms with Crippen molar-refractivity contribution in [1.29, 1.82) is 0 Å². The summed E-state index contributed by atoms with van der Waals surface area (Å²) in [5.41, 5.74) is 5.92. The number of ether oxygens (including phenoxy) is 1. The third-order valence-corrected chi connectivity index (χ3v) is 8.38. The molecule has 12 heteroatoms. The molecule has 0 radical (unpaired) electrons. The summed E-state index contributed by atoms with van der Waals surface area (Å²) in [5.74, 6) is 1.31. The number of aliphatic imine (C=N–C) groups is 1. The van der Waals surface area contributed by atoms with Gasteiger partial charge in [-0.3, -0.25) is 0 Å². The number of aromatic nitrogens is 3. The zero-order valence-corrected chi connectivity index (χ0v) is 25.5. The zero-order valence-electron chi connectivity index (χ0n) is 24.6. The Morgan fingerprint density at radius 1 is 1.07 bits per heavy atom. The maximum Gasteiger partial charge on any atom is 0.573 e. The maximum absolute atomic E-state index is 12.7. The smallest absolute Gasteiger partial charge is 0.406 e. The van der Waals surface area contributed by atoms with Crippen LogP contribution in [-0.4, -0.2) is 51.2 Å². The van der Waals surface area contributed by atoms with Gasteiger partial charge in [-0.2, -0.15) is 4.99 Å². The number of aryl methyl sites for hydroxylation is 2. The molecule has 1 N–H and O–H groups in total. The fraction of sp³-hybridized carbons (Fsp3) is 0.312. The Balaban J connectivity index is 1.15. The Labute approximate surface area is 258 Å². The van der Waals surface area contributed by atoms with Crippen LogP contribution in [0.3, 0.4) is 0 Å². The lowest BCUT2D eigenvalue weighted by Crippen LogP contribution is -2.36. The van der Waals surface area contributed by atoms with E-state index < -0.39 is 6.36 Å². The van der Waals surface area contributed by atoms with Crippen molar-refractivity contribution in [1.82, 2.24) is 20.1 Å². The molecule has 4 aromatic rings. The molecule has 0 bridgehead atoms. The number of alkyl halides is 3. The summed E-state index contributed by atoms with van der Waals surface area (Å²) in [4.78, 5) is 23.7. The monoisotopic (exact) mass is 622 g/mol.